The Hall–Kier alpha value is -4.58. The fourth-order valence-corrected chi connectivity index (χ4v) is 6.32. The van der Waals surface area contributed by atoms with Crippen LogP contribution in [0, 0.1) is 17.8 Å². The number of carbonyl (C=O) groups excluding carboxylic acids is 4. The van der Waals surface area contributed by atoms with Crippen molar-refractivity contribution in [2.45, 2.75) is 44.9 Å². The van der Waals surface area contributed by atoms with E-state index in [-0.39, 0.29) is 43.2 Å². The van der Waals surface area contributed by atoms with Crippen LogP contribution < -0.4 is 10.1 Å². The van der Waals surface area contributed by atoms with Crippen LogP contribution in [0.1, 0.15) is 58.3 Å². The number of hydrogen-bond donors (Lipinski definition) is 1. The highest BCUT2D eigenvalue weighted by Gasteiger charge is 2.39. The van der Waals surface area contributed by atoms with Gasteiger partial charge in [0.05, 0.1) is 0 Å². The van der Waals surface area contributed by atoms with Gasteiger partial charge in [0, 0.05) is 70.3 Å². The van der Waals surface area contributed by atoms with Crippen molar-refractivity contribution in [3.05, 3.63) is 105 Å². The number of imide groups is 1. The Kier molecular flexibility index (Phi) is 9.43. The summed E-state index contributed by atoms with van der Waals surface area (Å²) in [6.45, 7) is 1.71. The fraction of sp³-hybridized carbons (Fsp3) is 0.278. The van der Waals surface area contributed by atoms with Gasteiger partial charge in [0.15, 0.2) is 0 Å². The maximum Gasteiger partial charge on any atom is 0.255 e. The molecule has 3 aliphatic heterocycles. The average Bonchev–Trinajstić information content (AvgIpc) is 3.39. The number of nitrogens with zero attached hydrogens (tertiary/aromatic N) is 2. The molecule has 0 bridgehead atoms. The summed E-state index contributed by atoms with van der Waals surface area (Å²) in [5.74, 6) is 6.25. The molecule has 46 heavy (non-hydrogen) atoms. The van der Waals surface area contributed by atoms with Crippen LogP contribution in [0.3, 0.4) is 0 Å². The molecule has 3 aliphatic rings. The number of benzene rings is 3. The van der Waals surface area contributed by atoms with Gasteiger partial charge in [-0.2, -0.15) is 0 Å². The van der Waals surface area contributed by atoms with E-state index >= 15 is 0 Å². The Bertz CT molecular complexity index is 1800. The van der Waals surface area contributed by atoms with Crippen molar-refractivity contribution < 1.29 is 23.9 Å². The highest BCUT2D eigenvalue weighted by atomic mass is 35.5. The molecule has 3 aromatic rings. The van der Waals surface area contributed by atoms with E-state index in [4.69, 9.17) is 27.9 Å². The van der Waals surface area contributed by atoms with Crippen LogP contribution in [0.15, 0.2) is 66.7 Å². The third-order valence-electron chi connectivity index (χ3n) is 8.52. The number of piperidine rings is 2. The van der Waals surface area contributed by atoms with Crippen molar-refractivity contribution in [1.29, 1.82) is 0 Å². The van der Waals surface area contributed by atoms with Gasteiger partial charge in [-0.05, 0) is 67.3 Å². The van der Waals surface area contributed by atoms with Crippen molar-refractivity contribution in [3.8, 4) is 17.6 Å². The van der Waals surface area contributed by atoms with E-state index < -0.39 is 11.9 Å². The van der Waals surface area contributed by atoms with E-state index in [2.05, 4.69) is 17.2 Å². The van der Waals surface area contributed by atoms with E-state index in [1.807, 2.05) is 30.3 Å². The number of likely N-dealkylation sites (tertiary alicyclic amines) is 1. The van der Waals surface area contributed by atoms with Gasteiger partial charge in [-0.1, -0.05) is 59.3 Å². The first kappa shape index (κ1) is 31.4. The first-order valence-corrected chi connectivity index (χ1v) is 15.9. The molecule has 1 N–H and O–H groups in total. The van der Waals surface area contributed by atoms with E-state index in [0.29, 0.717) is 46.4 Å². The molecule has 0 radical (unpaired) electrons. The highest BCUT2D eigenvalue weighted by Crippen LogP contribution is 2.30. The summed E-state index contributed by atoms with van der Waals surface area (Å²) < 4.78 is 6.01. The molecule has 3 aromatic carbocycles. The molecule has 4 amide bonds. The summed E-state index contributed by atoms with van der Waals surface area (Å²) in [5.41, 5.74) is 3.66. The van der Waals surface area contributed by atoms with E-state index in [9.17, 15) is 19.2 Å². The molecule has 8 nitrogen and oxygen atoms in total. The molecule has 0 aliphatic carbocycles. The molecule has 0 saturated carbocycles. The highest BCUT2D eigenvalue weighted by molar-refractivity contribution is 6.31. The number of amides is 4. The Morgan fingerprint density at radius 1 is 1.00 bits per heavy atom. The predicted molar refractivity (Wildman–Crippen MR) is 175 cm³/mol. The average molecular weight is 657 g/mol. The third-order valence-corrected chi connectivity index (χ3v) is 9.12. The van der Waals surface area contributed by atoms with Crippen molar-refractivity contribution in [2.24, 2.45) is 5.92 Å². The molecule has 3 heterocycles. The van der Waals surface area contributed by atoms with Crippen LogP contribution in [-0.4, -0.2) is 52.6 Å². The molecule has 0 spiro atoms. The zero-order chi connectivity index (χ0) is 32.2. The van der Waals surface area contributed by atoms with Gasteiger partial charge in [-0.15, -0.1) is 0 Å². The second-order valence-corrected chi connectivity index (χ2v) is 12.3. The molecule has 2 fully saturated rings. The van der Waals surface area contributed by atoms with E-state index in [1.165, 1.54) is 4.90 Å². The van der Waals surface area contributed by atoms with Crippen molar-refractivity contribution >= 4 is 52.9 Å². The Labute approximate surface area is 277 Å². The van der Waals surface area contributed by atoms with Gasteiger partial charge >= 0.3 is 0 Å². The van der Waals surface area contributed by atoms with Gasteiger partial charge in [-0.3, -0.25) is 24.5 Å². The molecule has 6 rings (SSSR count). The summed E-state index contributed by atoms with van der Waals surface area (Å²) >= 11 is 12.5. The summed E-state index contributed by atoms with van der Waals surface area (Å²) in [4.78, 5) is 53.5. The van der Waals surface area contributed by atoms with Gasteiger partial charge in [0.25, 0.3) is 5.91 Å². The zero-order valence-electron chi connectivity index (χ0n) is 24.9. The van der Waals surface area contributed by atoms with Crippen LogP contribution in [0.4, 0.5) is 0 Å². The van der Waals surface area contributed by atoms with Crippen LogP contribution in [0.5, 0.6) is 5.75 Å². The second kappa shape index (κ2) is 13.8. The number of halogens is 2. The molecule has 1 atom stereocenters. The third kappa shape index (κ3) is 6.96. The Morgan fingerprint density at radius 2 is 1.80 bits per heavy atom. The van der Waals surface area contributed by atoms with Crippen LogP contribution >= 0.6 is 23.2 Å². The number of rotatable bonds is 6. The lowest BCUT2D eigenvalue weighted by atomic mass is 9.96. The van der Waals surface area contributed by atoms with Crippen molar-refractivity contribution in [1.82, 2.24) is 15.1 Å². The first-order chi connectivity index (χ1) is 22.3. The number of fused-ring (bicyclic) bond motifs is 1. The topological polar surface area (TPSA) is 96.0 Å². The SMILES string of the molecule is O=C1CCC(N2Cc3c(C#CC4CCN(C(=O)C=Cc5cc(Cl)ccc5OCc5ccccc5Cl)CC4)cccc3C2=O)C(=O)N1. The van der Waals surface area contributed by atoms with Crippen LogP contribution in [0.2, 0.25) is 10.0 Å². The molecular formula is C36H31Cl2N3O5. The van der Waals surface area contributed by atoms with E-state index in [1.54, 1.807) is 47.4 Å². The van der Waals surface area contributed by atoms with Crippen LogP contribution in [0.25, 0.3) is 6.08 Å². The minimum atomic E-state index is -0.666. The number of ether oxygens (including phenoxy) is 1. The lowest BCUT2D eigenvalue weighted by Gasteiger charge is -2.29. The standard InChI is InChI=1S/C36H31Cl2N3O5/c37-27-11-13-32(46-22-26-4-1-2-7-30(26)38)25(20-27)10-15-34(43)40-18-16-23(17-19-40)8-9-24-5-3-6-28-29(24)21-41(36(28)45)31-12-14-33(42)39-35(31)44/h1-7,10-11,13,15,20,23,31H,12,14,16-19,21-22H2,(H,39,42,44). The quantitative estimate of drug-likeness (QED) is 0.211. The molecule has 1 unspecified atom stereocenters. The normalized spacial score (nSPS) is 18.3. The molecule has 2 saturated heterocycles. The molecule has 234 valence electrons. The number of nitrogens with one attached hydrogen (secondary N) is 1. The molecular weight excluding hydrogens is 625 g/mol. The second-order valence-electron chi connectivity index (χ2n) is 11.5. The summed E-state index contributed by atoms with van der Waals surface area (Å²) in [6, 6.07) is 17.5. The fourth-order valence-electron chi connectivity index (χ4n) is 5.95. The van der Waals surface area contributed by atoms with E-state index in [0.717, 1.165) is 29.5 Å². The Morgan fingerprint density at radius 3 is 2.59 bits per heavy atom. The lowest BCUT2D eigenvalue weighted by Crippen LogP contribution is -2.52. The molecule has 0 aromatic heterocycles. The summed E-state index contributed by atoms with van der Waals surface area (Å²) in [6.07, 6.45) is 5.24. The Balaban J connectivity index is 1.06. The smallest absolute Gasteiger partial charge is 0.255 e. The lowest BCUT2D eigenvalue weighted by molar-refractivity contribution is -0.137. The zero-order valence-corrected chi connectivity index (χ0v) is 26.4. The van der Waals surface area contributed by atoms with Gasteiger partial charge in [-0.25, -0.2) is 0 Å². The minimum Gasteiger partial charge on any atom is -0.488 e. The van der Waals surface area contributed by atoms with Crippen LogP contribution in [-0.2, 0) is 27.5 Å². The maximum atomic E-state index is 13.1. The molecule has 10 heteroatoms. The largest absolute Gasteiger partial charge is 0.488 e. The first-order valence-electron chi connectivity index (χ1n) is 15.2. The number of carbonyl (C=O) groups is 4. The van der Waals surface area contributed by atoms with Gasteiger partial charge in [0.1, 0.15) is 18.4 Å². The minimum absolute atomic E-state index is 0.101. The van der Waals surface area contributed by atoms with Crippen molar-refractivity contribution in [2.75, 3.05) is 13.1 Å². The monoisotopic (exact) mass is 655 g/mol. The maximum absolute atomic E-state index is 13.1. The predicted octanol–water partition coefficient (Wildman–Crippen LogP) is 5.64. The summed E-state index contributed by atoms with van der Waals surface area (Å²) in [5, 5.41) is 3.49. The van der Waals surface area contributed by atoms with Crippen molar-refractivity contribution in [3.63, 3.8) is 0 Å². The van der Waals surface area contributed by atoms with Gasteiger partial charge in [0.2, 0.25) is 17.7 Å². The summed E-state index contributed by atoms with van der Waals surface area (Å²) in [7, 11) is 0. The number of hydrogen-bond acceptors (Lipinski definition) is 5. The van der Waals surface area contributed by atoms with Gasteiger partial charge < -0.3 is 14.5 Å².